The molecule has 1 aromatic carbocycles. The van der Waals surface area contributed by atoms with E-state index in [1.165, 1.54) is 41.5 Å². The van der Waals surface area contributed by atoms with E-state index < -0.39 is 0 Å². The Labute approximate surface area is 219 Å². The van der Waals surface area contributed by atoms with Crippen molar-refractivity contribution in [2.24, 2.45) is 0 Å². The fourth-order valence-corrected chi connectivity index (χ4v) is 6.44. The Morgan fingerprint density at radius 3 is 2.67 bits per heavy atom. The molecular formula is C26H32N4O4S2. The summed E-state index contributed by atoms with van der Waals surface area (Å²) < 4.78 is 12.9. The topological polar surface area (TPSA) is 95.3 Å². The first-order chi connectivity index (χ1) is 17.5. The quantitative estimate of drug-likeness (QED) is 0.293. The first-order valence-corrected chi connectivity index (χ1v) is 14.1. The lowest BCUT2D eigenvalue weighted by Crippen LogP contribution is -2.17. The van der Waals surface area contributed by atoms with Crippen molar-refractivity contribution < 1.29 is 19.1 Å². The predicted molar refractivity (Wildman–Crippen MR) is 142 cm³/mol. The van der Waals surface area contributed by atoms with Gasteiger partial charge in [0.1, 0.15) is 17.4 Å². The number of ether oxygens (including phenoxy) is 2. The molecule has 0 radical (unpaired) electrons. The van der Waals surface area contributed by atoms with E-state index in [4.69, 9.17) is 9.47 Å². The summed E-state index contributed by atoms with van der Waals surface area (Å²) in [5.74, 6) is 1.08. The summed E-state index contributed by atoms with van der Waals surface area (Å²) in [4.78, 5) is 26.7. The number of benzene rings is 1. The molecule has 0 aliphatic heterocycles. The second-order valence-electron chi connectivity index (χ2n) is 8.65. The number of thioether (sulfide) groups is 1. The number of hydrogen-bond acceptors (Lipinski definition) is 8. The number of aromatic nitrogens is 3. The minimum Gasteiger partial charge on any atom is -0.485 e. The van der Waals surface area contributed by atoms with E-state index in [2.05, 4.69) is 15.5 Å². The molecule has 192 valence electrons. The highest BCUT2D eigenvalue weighted by molar-refractivity contribution is 7.99. The molecule has 2 heterocycles. The number of fused-ring (bicyclic) bond motifs is 1. The molecule has 1 N–H and O–H groups in total. The van der Waals surface area contributed by atoms with Gasteiger partial charge in [-0.1, -0.05) is 42.8 Å². The van der Waals surface area contributed by atoms with Gasteiger partial charge in [0.2, 0.25) is 5.91 Å². The van der Waals surface area contributed by atoms with Crippen LogP contribution < -0.4 is 10.1 Å². The van der Waals surface area contributed by atoms with Crippen LogP contribution in [0.25, 0.3) is 0 Å². The van der Waals surface area contributed by atoms with E-state index in [-0.39, 0.29) is 17.6 Å². The van der Waals surface area contributed by atoms with Crippen molar-refractivity contribution in [1.82, 2.24) is 14.8 Å². The molecule has 36 heavy (non-hydrogen) atoms. The Morgan fingerprint density at radius 1 is 1.14 bits per heavy atom. The van der Waals surface area contributed by atoms with Crippen molar-refractivity contribution in [2.75, 3.05) is 18.2 Å². The number of thiophene rings is 1. The first kappa shape index (κ1) is 26.2. The van der Waals surface area contributed by atoms with E-state index >= 15 is 0 Å². The maximum atomic E-state index is 12.9. The number of carbonyl (C=O) groups is 2. The lowest BCUT2D eigenvalue weighted by molar-refractivity contribution is -0.113. The number of nitrogens with zero attached hydrogens (tertiary/aromatic N) is 3. The number of methoxy groups -OCH3 is 1. The fourth-order valence-electron chi connectivity index (χ4n) is 4.33. The Kier molecular flexibility index (Phi) is 9.03. The van der Waals surface area contributed by atoms with Gasteiger partial charge in [0.15, 0.2) is 11.0 Å². The van der Waals surface area contributed by atoms with Gasteiger partial charge >= 0.3 is 5.97 Å². The zero-order valence-electron chi connectivity index (χ0n) is 21.0. The average Bonchev–Trinajstić information content (AvgIpc) is 3.41. The van der Waals surface area contributed by atoms with Crippen LogP contribution in [0.5, 0.6) is 5.75 Å². The molecule has 3 aromatic rings. The lowest BCUT2D eigenvalue weighted by atomic mass is 9.96. The molecule has 0 bridgehead atoms. The Morgan fingerprint density at radius 2 is 1.92 bits per heavy atom. The summed E-state index contributed by atoms with van der Waals surface area (Å²) in [5.41, 5.74) is 2.61. The number of rotatable bonds is 9. The van der Waals surface area contributed by atoms with Crippen LogP contribution in [-0.2, 0) is 35.5 Å². The molecule has 4 rings (SSSR count). The molecule has 0 atom stereocenters. The van der Waals surface area contributed by atoms with Crippen molar-refractivity contribution in [3.63, 3.8) is 0 Å². The van der Waals surface area contributed by atoms with E-state index in [1.807, 2.05) is 42.7 Å². The second-order valence-corrected chi connectivity index (χ2v) is 10.7. The Balaban J connectivity index is 1.42. The minimum absolute atomic E-state index is 0.153. The van der Waals surface area contributed by atoms with Gasteiger partial charge in [-0.15, -0.1) is 21.5 Å². The van der Waals surface area contributed by atoms with Crippen LogP contribution in [0.15, 0.2) is 29.4 Å². The van der Waals surface area contributed by atoms with Crippen LogP contribution in [-0.4, -0.2) is 39.5 Å². The van der Waals surface area contributed by atoms with Gasteiger partial charge in [-0.3, -0.25) is 4.79 Å². The summed E-state index contributed by atoms with van der Waals surface area (Å²) in [6.45, 7) is 4.96. The molecule has 0 spiro atoms. The number of para-hydroxylation sites is 1. The molecule has 0 unspecified atom stereocenters. The van der Waals surface area contributed by atoms with Gasteiger partial charge < -0.3 is 19.4 Å². The van der Waals surface area contributed by atoms with Crippen LogP contribution in [0, 0.1) is 6.92 Å². The molecule has 0 saturated heterocycles. The summed E-state index contributed by atoms with van der Waals surface area (Å²) >= 11 is 2.82. The molecule has 2 aromatic heterocycles. The summed E-state index contributed by atoms with van der Waals surface area (Å²) in [6, 6.07) is 7.83. The van der Waals surface area contributed by atoms with Crippen molar-refractivity contribution in [3.05, 3.63) is 51.7 Å². The van der Waals surface area contributed by atoms with Crippen LogP contribution in [0.3, 0.4) is 0 Å². The number of amides is 1. The van der Waals surface area contributed by atoms with Gasteiger partial charge in [0, 0.05) is 11.4 Å². The standard InChI is InChI=1S/C26H32N4O4S2/c1-4-30-21(15-34-19-13-10-9-11-17(19)2)28-29-26(30)35-16-22(31)27-24-23(25(32)33-3)18-12-7-5-6-8-14-20(18)36-24/h9-11,13H,4-8,12,14-16H2,1-3H3,(H,27,31). The molecule has 10 heteroatoms. The zero-order valence-corrected chi connectivity index (χ0v) is 22.6. The zero-order chi connectivity index (χ0) is 25.5. The molecule has 1 amide bonds. The average molecular weight is 529 g/mol. The van der Waals surface area contributed by atoms with Crippen molar-refractivity contribution in [3.8, 4) is 5.75 Å². The van der Waals surface area contributed by atoms with E-state index in [0.717, 1.165) is 49.0 Å². The maximum Gasteiger partial charge on any atom is 0.341 e. The minimum atomic E-state index is -0.389. The normalized spacial score (nSPS) is 13.4. The second kappa shape index (κ2) is 12.4. The lowest BCUT2D eigenvalue weighted by Gasteiger charge is -2.11. The number of hydrogen-bond donors (Lipinski definition) is 1. The van der Waals surface area contributed by atoms with Crippen LogP contribution in [0.2, 0.25) is 0 Å². The SMILES string of the molecule is CCn1c(COc2ccccc2C)nnc1SCC(=O)Nc1sc2c(c1C(=O)OC)CCCCCC2. The third kappa shape index (κ3) is 6.10. The van der Waals surface area contributed by atoms with Gasteiger partial charge in [0.05, 0.1) is 18.4 Å². The smallest absolute Gasteiger partial charge is 0.341 e. The van der Waals surface area contributed by atoms with Crippen LogP contribution >= 0.6 is 23.1 Å². The molecular weight excluding hydrogens is 496 g/mol. The largest absolute Gasteiger partial charge is 0.485 e. The van der Waals surface area contributed by atoms with Gasteiger partial charge in [-0.25, -0.2) is 4.79 Å². The van der Waals surface area contributed by atoms with E-state index in [9.17, 15) is 9.59 Å². The van der Waals surface area contributed by atoms with Crippen molar-refractivity contribution in [1.29, 1.82) is 0 Å². The summed E-state index contributed by atoms with van der Waals surface area (Å²) in [6.07, 6.45) is 6.26. The molecule has 1 aliphatic rings. The molecule has 8 nitrogen and oxygen atoms in total. The third-order valence-electron chi connectivity index (χ3n) is 6.21. The number of carbonyl (C=O) groups excluding carboxylic acids is 2. The fraction of sp³-hybridized carbons (Fsp3) is 0.462. The Bertz CT molecular complexity index is 1220. The molecule has 0 fully saturated rings. The molecule has 0 saturated carbocycles. The summed E-state index contributed by atoms with van der Waals surface area (Å²) in [5, 5.41) is 12.8. The van der Waals surface area contributed by atoms with Gasteiger partial charge in [0.25, 0.3) is 0 Å². The summed E-state index contributed by atoms with van der Waals surface area (Å²) in [7, 11) is 1.38. The number of esters is 1. The number of aryl methyl sites for hydroxylation is 2. The maximum absolute atomic E-state index is 12.9. The predicted octanol–water partition coefficient (Wildman–Crippen LogP) is 5.42. The van der Waals surface area contributed by atoms with E-state index in [0.29, 0.717) is 34.7 Å². The van der Waals surface area contributed by atoms with Crippen molar-refractivity contribution in [2.45, 2.75) is 70.7 Å². The number of anilines is 1. The van der Waals surface area contributed by atoms with Gasteiger partial charge in [-0.05, 0) is 56.7 Å². The molecule has 1 aliphatic carbocycles. The highest BCUT2D eigenvalue weighted by Crippen LogP contribution is 2.37. The van der Waals surface area contributed by atoms with E-state index in [1.54, 1.807) is 0 Å². The van der Waals surface area contributed by atoms with Crippen LogP contribution in [0.4, 0.5) is 5.00 Å². The Hall–Kier alpha value is -2.85. The first-order valence-electron chi connectivity index (χ1n) is 12.3. The van der Waals surface area contributed by atoms with Crippen LogP contribution in [0.1, 0.15) is 64.8 Å². The van der Waals surface area contributed by atoms with Crippen molar-refractivity contribution >= 4 is 40.0 Å². The van der Waals surface area contributed by atoms with Gasteiger partial charge in [-0.2, -0.15) is 0 Å². The third-order valence-corrected chi connectivity index (χ3v) is 8.38. The number of nitrogens with one attached hydrogen (secondary N) is 1. The highest BCUT2D eigenvalue weighted by atomic mass is 32.2. The monoisotopic (exact) mass is 528 g/mol. The highest BCUT2D eigenvalue weighted by Gasteiger charge is 2.26.